The molecule has 4 aromatic rings. The van der Waals surface area contributed by atoms with Crippen LogP contribution in [0.4, 0.5) is 27.6 Å². The number of carbonyl (C=O) groups is 1. The Balaban J connectivity index is 1.55. The van der Waals surface area contributed by atoms with E-state index in [1.165, 1.54) is 35.4 Å². The number of amides is 1. The van der Waals surface area contributed by atoms with Crippen molar-refractivity contribution in [2.75, 3.05) is 5.32 Å². The SMILES string of the molecule is O=C(Nc1c[nH]c2cc(F)c(F)cc12)c1cn(-c2ccc(C(F)(F)F)cc2)cn1. The molecule has 2 N–H and O–H groups in total. The zero-order chi connectivity index (χ0) is 20.8. The first-order chi connectivity index (χ1) is 13.7. The summed E-state index contributed by atoms with van der Waals surface area (Å²) in [5, 5.41) is 2.82. The van der Waals surface area contributed by atoms with Crippen molar-refractivity contribution in [1.29, 1.82) is 0 Å². The molecule has 4 rings (SSSR count). The van der Waals surface area contributed by atoms with Crippen molar-refractivity contribution in [2.45, 2.75) is 6.18 Å². The van der Waals surface area contributed by atoms with E-state index in [2.05, 4.69) is 15.3 Å². The molecule has 2 aromatic carbocycles. The van der Waals surface area contributed by atoms with Crippen LogP contribution in [-0.2, 0) is 6.18 Å². The summed E-state index contributed by atoms with van der Waals surface area (Å²) in [5.41, 5.74) is 0.112. The van der Waals surface area contributed by atoms with Crippen LogP contribution in [0.2, 0.25) is 0 Å². The number of carbonyl (C=O) groups excluding carboxylic acids is 1. The number of anilines is 1. The van der Waals surface area contributed by atoms with Gasteiger partial charge < -0.3 is 14.9 Å². The van der Waals surface area contributed by atoms with Gasteiger partial charge in [0.2, 0.25) is 0 Å². The van der Waals surface area contributed by atoms with Gasteiger partial charge in [-0.15, -0.1) is 0 Å². The minimum atomic E-state index is -4.44. The fourth-order valence-electron chi connectivity index (χ4n) is 2.81. The van der Waals surface area contributed by atoms with E-state index in [-0.39, 0.29) is 16.8 Å². The van der Waals surface area contributed by atoms with Crippen molar-refractivity contribution in [1.82, 2.24) is 14.5 Å². The number of benzene rings is 2. The Hall–Kier alpha value is -3.69. The van der Waals surface area contributed by atoms with Gasteiger partial charge in [0.1, 0.15) is 12.0 Å². The Labute approximate surface area is 159 Å². The standard InChI is InChI=1S/C19H11F5N4O/c20-13-5-12-15(6-14(13)21)25-7-16(12)27-18(29)17-8-28(9-26-17)11-3-1-10(2-4-11)19(22,23)24/h1-9,25H,(H,27,29). The number of hydrogen-bond acceptors (Lipinski definition) is 2. The summed E-state index contributed by atoms with van der Waals surface area (Å²) in [6.07, 6.45) is -0.441. The van der Waals surface area contributed by atoms with Gasteiger partial charge in [0.25, 0.3) is 5.91 Å². The third kappa shape index (κ3) is 3.56. The van der Waals surface area contributed by atoms with Crippen molar-refractivity contribution in [3.63, 3.8) is 0 Å². The molecule has 0 unspecified atom stereocenters. The number of rotatable bonds is 3. The highest BCUT2D eigenvalue weighted by Gasteiger charge is 2.30. The van der Waals surface area contributed by atoms with Gasteiger partial charge in [-0.25, -0.2) is 13.8 Å². The zero-order valence-corrected chi connectivity index (χ0v) is 14.4. The van der Waals surface area contributed by atoms with Gasteiger partial charge in [-0.1, -0.05) is 0 Å². The number of fused-ring (bicyclic) bond motifs is 1. The molecule has 0 saturated heterocycles. The average Bonchev–Trinajstić information content (AvgIpc) is 3.30. The smallest absolute Gasteiger partial charge is 0.359 e. The quantitative estimate of drug-likeness (QED) is 0.476. The highest BCUT2D eigenvalue weighted by atomic mass is 19.4. The van der Waals surface area contributed by atoms with Crippen LogP contribution >= 0.6 is 0 Å². The predicted octanol–water partition coefficient (Wildman–Crippen LogP) is 4.90. The molecule has 0 bridgehead atoms. The van der Waals surface area contributed by atoms with Crippen LogP contribution in [0.3, 0.4) is 0 Å². The van der Waals surface area contributed by atoms with E-state index in [9.17, 15) is 26.7 Å². The number of H-pyrrole nitrogens is 1. The number of hydrogen-bond donors (Lipinski definition) is 2. The summed E-state index contributed by atoms with van der Waals surface area (Å²) in [6.45, 7) is 0. The highest BCUT2D eigenvalue weighted by molar-refractivity contribution is 6.08. The highest BCUT2D eigenvalue weighted by Crippen LogP contribution is 2.30. The molecule has 2 heterocycles. The van der Waals surface area contributed by atoms with Crippen LogP contribution < -0.4 is 5.32 Å². The Morgan fingerprint density at radius 2 is 1.76 bits per heavy atom. The first-order valence-electron chi connectivity index (χ1n) is 8.21. The van der Waals surface area contributed by atoms with Crippen LogP contribution in [0.25, 0.3) is 16.6 Å². The Morgan fingerprint density at radius 1 is 1.07 bits per heavy atom. The lowest BCUT2D eigenvalue weighted by molar-refractivity contribution is -0.137. The molecule has 2 aromatic heterocycles. The van der Waals surface area contributed by atoms with E-state index in [4.69, 9.17) is 0 Å². The topological polar surface area (TPSA) is 62.7 Å². The lowest BCUT2D eigenvalue weighted by Gasteiger charge is -2.07. The van der Waals surface area contributed by atoms with E-state index in [1.807, 2.05) is 0 Å². The molecule has 1 amide bonds. The van der Waals surface area contributed by atoms with Crippen molar-refractivity contribution >= 4 is 22.5 Å². The third-order valence-corrected chi connectivity index (χ3v) is 4.28. The number of alkyl halides is 3. The third-order valence-electron chi connectivity index (χ3n) is 4.28. The molecule has 148 valence electrons. The number of aromatic amines is 1. The predicted molar refractivity (Wildman–Crippen MR) is 94.7 cm³/mol. The van der Waals surface area contributed by atoms with Crippen LogP contribution in [0.1, 0.15) is 16.1 Å². The van der Waals surface area contributed by atoms with Crippen LogP contribution in [0, 0.1) is 11.6 Å². The van der Waals surface area contributed by atoms with Gasteiger partial charge in [-0.2, -0.15) is 13.2 Å². The molecule has 0 aliphatic rings. The number of nitrogens with one attached hydrogen (secondary N) is 2. The maximum absolute atomic E-state index is 13.5. The summed E-state index contributed by atoms with van der Waals surface area (Å²) in [5.74, 6) is -2.70. The van der Waals surface area contributed by atoms with Crippen LogP contribution in [-0.4, -0.2) is 20.4 Å². The Bertz CT molecular complexity index is 1210. The maximum atomic E-state index is 13.5. The van der Waals surface area contributed by atoms with Crippen molar-refractivity contribution in [3.8, 4) is 5.69 Å². The Kier molecular flexibility index (Phi) is 4.33. The molecule has 5 nitrogen and oxygen atoms in total. The molecule has 0 aliphatic carbocycles. The van der Waals surface area contributed by atoms with E-state index >= 15 is 0 Å². The molecule has 0 aliphatic heterocycles. The van der Waals surface area contributed by atoms with E-state index in [0.29, 0.717) is 11.2 Å². The number of aromatic nitrogens is 3. The van der Waals surface area contributed by atoms with E-state index in [1.54, 1.807) is 0 Å². The van der Waals surface area contributed by atoms with E-state index in [0.717, 1.165) is 24.3 Å². The largest absolute Gasteiger partial charge is 0.416 e. The summed E-state index contributed by atoms with van der Waals surface area (Å²) in [7, 11) is 0. The average molecular weight is 406 g/mol. The monoisotopic (exact) mass is 406 g/mol. The zero-order valence-electron chi connectivity index (χ0n) is 14.4. The van der Waals surface area contributed by atoms with E-state index < -0.39 is 29.3 Å². The minimum absolute atomic E-state index is 0.0122. The summed E-state index contributed by atoms with van der Waals surface area (Å²) in [6, 6.07) is 6.28. The van der Waals surface area contributed by atoms with Crippen molar-refractivity contribution in [2.24, 2.45) is 0 Å². The van der Waals surface area contributed by atoms with Gasteiger partial charge in [0, 0.05) is 29.5 Å². The Morgan fingerprint density at radius 3 is 2.45 bits per heavy atom. The van der Waals surface area contributed by atoms with Crippen molar-refractivity contribution < 1.29 is 26.7 Å². The van der Waals surface area contributed by atoms with Gasteiger partial charge in [0.15, 0.2) is 11.6 Å². The molecule has 10 heteroatoms. The summed E-state index contributed by atoms with van der Waals surface area (Å²) < 4.78 is 66.1. The molecule has 0 spiro atoms. The number of nitrogens with zero attached hydrogens (tertiary/aromatic N) is 2. The molecular weight excluding hydrogens is 395 g/mol. The second kappa shape index (κ2) is 6.73. The molecule has 0 radical (unpaired) electrons. The second-order valence-electron chi connectivity index (χ2n) is 6.18. The van der Waals surface area contributed by atoms with Crippen molar-refractivity contribution in [3.05, 3.63) is 78.0 Å². The first-order valence-corrected chi connectivity index (χ1v) is 8.21. The second-order valence-corrected chi connectivity index (χ2v) is 6.18. The maximum Gasteiger partial charge on any atom is 0.416 e. The fraction of sp³-hybridized carbons (Fsp3) is 0.0526. The van der Waals surface area contributed by atoms with Gasteiger partial charge >= 0.3 is 6.18 Å². The molecule has 0 fully saturated rings. The normalized spacial score (nSPS) is 11.8. The lowest BCUT2D eigenvalue weighted by atomic mass is 10.2. The fourth-order valence-corrected chi connectivity index (χ4v) is 2.81. The molecular formula is C19H11F5N4O. The number of halogens is 5. The first kappa shape index (κ1) is 18.7. The lowest BCUT2D eigenvalue weighted by Crippen LogP contribution is -2.12. The van der Waals surface area contributed by atoms with Crippen LogP contribution in [0.5, 0.6) is 0 Å². The molecule has 29 heavy (non-hydrogen) atoms. The van der Waals surface area contributed by atoms with Gasteiger partial charge in [0.05, 0.1) is 16.8 Å². The summed E-state index contributed by atoms with van der Waals surface area (Å²) >= 11 is 0. The number of imidazole rings is 1. The molecule has 0 saturated carbocycles. The van der Waals surface area contributed by atoms with Gasteiger partial charge in [-0.05, 0) is 30.3 Å². The van der Waals surface area contributed by atoms with Gasteiger partial charge in [-0.3, -0.25) is 4.79 Å². The van der Waals surface area contributed by atoms with Crippen LogP contribution in [0.15, 0.2) is 55.1 Å². The summed E-state index contributed by atoms with van der Waals surface area (Å²) in [4.78, 5) is 19.1. The minimum Gasteiger partial charge on any atom is -0.359 e. The molecule has 0 atom stereocenters.